The highest BCUT2D eigenvalue weighted by molar-refractivity contribution is 5.24. The van der Waals surface area contributed by atoms with Crippen LogP contribution in [-0.4, -0.2) is 21.4 Å². The highest BCUT2D eigenvalue weighted by atomic mass is 16.3. The van der Waals surface area contributed by atoms with E-state index in [-0.39, 0.29) is 11.8 Å². The maximum Gasteiger partial charge on any atom is 0.0862 e. The standard InChI is InChI=1S/C11H16O2/c1-10(12)5-3-9-7-8(10)4-6-11(9,2)13/h3-6,8-9,12-13H,7H2,1-2H3/t8-,9-,10+,11+/m1/s1. The largest absolute Gasteiger partial charge is 0.385 e. The normalized spacial score (nSPS) is 53.8. The van der Waals surface area contributed by atoms with Crippen molar-refractivity contribution in [3.63, 3.8) is 0 Å². The summed E-state index contributed by atoms with van der Waals surface area (Å²) in [6.07, 6.45) is 8.32. The average Bonchev–Trinajstić information content (AvgIpc) is 2.01. The predicted molar refractivity (Wildman–Crippen MR) is 51.1 cm³/mol. The van der Waals surface area contributed by atoms with Gasteiger partial charge in [-0.1, -0.05) is 24.3 Å². The third kappa shape index (κ3) is 1.34. The summed E-state index contributed by atoms with van der Waals surface area (Å²) in [7, 11) is 0. The van der Waals surface area contributed by atoms with Crippen LogP contribution in [0.4, 0.5) is 0 Å². The van der Waals surface area contributed by atoms with Gasteiger partial charge in [0.15, 0.2) is 0 Å². The van der Waals surface area contributed by atoms with E-state index in [4.69, 9.17) is 0 Å². The Morgan fingerprint density at radius 1 is 1.00 bits per heavy atom. The van der Waals surface area contributed by atoms with Gasteiger partial charge in [-0.05, 0) is 20.3 Å². The van der Waals surface area contributed by atoms with Crippen LogP contribution in [0, 0.1) is 11.8 Å². The van der Waals surface area contributed by atoms with Crippen molar-refractivity contribution in [3.05, 3.63) is 24.3 Å². The number of aliphatic hydroxyl groups is 2. The zero-order valence-corrected chi connectivity index (χ0v) is 8.07. The molecule has 0 radical (unpaired) electrons. The zero-order chi connectivity index (χ0) is 9.69. The van der Waals surface area contributed by atoms with Crippen LogP contribution in [0.3, 0.4) is 0 Å². The topological polar surface area (TPSA) is 40.5 Å². The summed E-state index contributed by atoms with van der Waals surface area (Å²) >= 11 is 0. The third-order valence-corrected chi connectivity index (χ3v) is 3.34. The summed E-state index contributed by atoms with van der Waals surface area (Å²) in [5.74, 6) is 0.311. The quantitative estimate of drug-likeness (QED) is 0.551. The summed E-state index contributed by atoms with van der Waals surface area (Å²) in [5, 5.41) is 19.9. The van der Waals surface area contributed by atoms with Gasteiger partial charge in [0.25, 0.3) is 0 Å². The monoisotopic (exact) mass is 180 g/mol. The van der Waals surface area contributed by atoms with Gasteiger partial charge in [-0.2, -0.15) is 0 Å². The molecule has 2 bridgehead atoms. The minimum atomic E-state index is -0.733. The molecule has 0 heterocycles. The Labute approximate surface area is 78.6 Å². The molecule has 0 aromatic heterocycles. The van der Waals surface area contributed by atoms with Crippen molar-refractivity contribution < 1.29 is 10.2 Å². The SMILES string of the molecule is C[C@]1(O)C=C[C@@H]2C[C@H]1C=C[C@]2(C)O. The number of rotatable bonds is 0. The van der Waals surface area contributed by atoms with Crippen molar-refractivity contribution >= 4 is 0 Å². The lowest BCUT2D eigenvalue weighted by Gasteiger charge is -2.43. The molecule has 0 amide bonds. The fraction of sp³-hybridized carbons (Fsp3) is 0.636. The second kappa shape index (κ2) is 2.46. The van der Waals surface area contributed by atoms with Crippen molar-refractivity contribution in [2.24, 2.45) is 11.8 Å². The summed E-state index contributed by atoms with van der Waals surface area (Å²) in [4.78, 5) is 0. The smallest absolute Gasteiger partial charge is 0.0862 e. The van der Waals surface area contributed by atoms with Gasteiger partial charge in [0.1, 0.15) is 0 Å². The molecular weight excluding hydrogens is 164 g/mol. The van der Waals surface area contributed by atoms with Gasteiger partial charge in [0.2, 0.25) is 0 Å². The Morgan fingerprint density at radius 2 is 1.38 bits per heavy atom. The van der Waals surface area contributed by atoms with Crippen molar-refractivity contribution in [1.29, 1.82) is 0 Å². The highest BCUT2D eigenvalue weighted by Gasteiger charge is 2.42. The van der Waals surface area contributed by atoms with Crippen LogP contribution in [0.1, 0.15) is 20.3 Å². The Hall–Kier alpha value is -0.600. The van der Waals surface area contributed by atoms with Crippen LogP contribution in [0.2, 0.25) is 0 Å². The van der Waals surface area contributed by atoms with Gasteiger partial charge in [-0.25, -0.2) is 0 Å². The number of fused-ring (bicyclic) bond motifs is 2. The van der Waals surface area contributed by atoms with Crippen LogP contribution in [0.5, 0.6) is 0 Å². The Morgan fingerprint density at radius 3 is 1.77 bits per heavy atom. The molecule has 72 valence electrons. The molecule has 0 aliphatic heterocycles. The summed E-state index contributed by atoms with van der Waals surface area (Å²) in [5.41, 5.74) is -1.47. The van der Waals surface area contributed by atoms with E-state index in [9.17, 15) is 10.2 Å². The van der Waals surface area contributed by atoms with E-state index in [0.29, 0.717) is 0 Å². The minimum Gasteiger partial charge on any atom is -0.385 e. The highest BCUT2D eigenvalue weighted by Crippen LogP contribution is 2.41. The lowest BCUT2D eigenvalue weighted by Crippen LogP contribution is -2.45. The van der Waals surface area contributed by atoms with Gasteiger partial charge in [-0.3, -0.25) is 0 Å². The van der Waals surface area contributed by atoms with Crippen LogP contribution in [0.25, 0.3) is 0 Å². The molecule has 2 rings (SSSR count). The summed E-state index contributed by atoms with van der Waals surface area (Å²) < 4.78 is 0. The average molecular weight is 180 g/mol. The summed E-state index contributed by atoms with van der Waals surface area (Å²) in [6.45, 7) is 3.63. The molecule has 0 spiro atoms. The lowest BCUT2D eigenvalue weighted by atomic mass is 9.67. The Kier molecular flexibility index (Phi) is 1.70. The maximum absolute atomic E-state index is 9.94. The molecule has 0 fully saturated rings. The molecule has 0 unspecified atom stereocenters. The van der Waals surface area contributed by atoms with Gasteiger partial charge in [-0.15, -0.1) is 0 Å². The fourth-order valence-electron chi connectivity index (χ4n) is 2.17. The van der Waals surface area contributed by atoms with Crippen LogP contribution in [-0.2, 0) is 0 Å². The molecule has 2 nitrogen and oxygen atoms in total. The van der Waals surface area contributed by atoms with E-state index in [2.05, 4.69) is 0 Å². The molecule has 4 atom stereocenters. The first-order valence-electron chi connectivity index (χ1n) is 4.75. The predicted octanol–water partition coefficient (Wildman–Crippen LogP) is 1.25. The summed E-state index contributed by atoms with van der Waals surface area (Å²) in [6, 6.07) is 0. The molecule has 0 saturated heterocycles. The zero-order valence-electron chi connectivity index (χ0n) is 8.07. The van der Waals surface area contributed by atoms with Crippen molar-refractivity contribution in [1.82, 2.24) is 0 Å². The Bertz CT molecular complexity index is 246. The molecule has 0 aromatic carbocycles. The fourth-order valence-corrected chi connectivity index (χ4v) is 2.17. The van der Waals surface area contributed by atoms with Gasteiger partial charge < -0.3 is 10.2 Å². The molecule has 2 aliphatic carbocycles. The number of hydrogen-bond donors (Lipinski definition) is 2. The molecular formula is C11H16O2. The van der Waals surface area contributed by atoms with Crippen LogP contribution in [0.15, 0.2) is 24.3 Å². The molecule has 0 saturated carbocycles. The van der Waals surface area contributed by atoms with Crippen LogP contribution >= 0.6 is 0 Å². The van der Waals surface area contributed by atoms with E-state index in [0.717, 1.165) is 6.42 Å². The van der Waals surface area contributed by atoms with Gasteiger partial charge in [0.05, 0.1) is 11.2 Å². The van der Waals surface area contributed by atoms with Crippen molar-refractivity contribution in [2.45, 2.75) is 31.5 Å². The van der Waals surface area contributed by atoms with Crippen molar-refractivity contribution in [3.8, 4) is 0 Å². The number of hydrogen-bond acceptors (Lipinski definition) is 2. The maximum atomic E-state index is 9.94. The van der Waals surface area contributed by atoms with E-state index in [1.807, 2.05) is 38.2 Å². The van der Waals surface area contributed by atoms with E-state index in [1.165, 1.54) is 0 Å². The van der Waals surface area contributed by atoms with Gasteiger partial charge >= 0.3 is 0 Å². The molecule has 13 heavy (non-hydrogen) atoms. The first-order valence-corrected chi connectivity index (χ1v) is 4.75. The second-order valence-corrected chi connectivity index (χ2v) is 4.62. The van der Waals surface area contributed by atoms with E-state index >= 15 is 0 Å². The second-order valence-electron chi connectivity index (χ2n) is 4.62. The first kappa shape index (κ1) is 8.97. The molecule has 0 aromatic rings. The molecule has 2 N–H and O–H groups in total. The minimum absolute atomic E-state index is 0.155. The van der Waals surface area contributed by atoms with Crippen LogP contribution < -0.4 is 0 Å². The van der Waals surface area contributed by atoms with Gasteiger partial charge in [0, 0.05) is 11.8 Å². The van der Waals surface area contributed by atoms with Crippen molar-refractivity contribution in [2.75, 3.05) is 0 Å². The van der Waals surface area contributed by atoms with E-state index < -0.39 is 11.2 Å². The van der Waals surface area contributed by atoms with E-state index in [1.54, 1.807) is 0 Å². The molecule has 2 heteroatoms. The lowest BCUT2D eigenvalue weighted by molar-refractivity contribution is -0.00350. The first-order chi connectivity index (χ1) is 5.92. The third-order valence-electron chi connectivity index (χ3n) is 3.34. The Balaban J connectivity index is 2.36. The molecule has 2 aliphatic rings.